The quantitative estimate of drug-likeness (QED) is 0.492. The summed E-state index contributed by atoms with van der Waals surface area (Å²) in [7, 11) is 0. The average Bonchev–Trinajstić information content (AvgIpc) is 2.87. The molecule has 0 radical (unpaired) electrons. The average molecular weight is 301 g/mol. The summed E-state index contributed by atoms with van der Waals surface area (Å²) in [5, 5.41) is 4.08. The van der Waals surface area contributed by atoms with Gasteiger partial charge in [0.2, 0.25) is 0 Å². The summed E-state index contributed by atoms with van der Waals surface area (Å²) in [6, 6.07) is 0. The maximum absolute atomic E-state index is 12.3. The number of ether oxygens (including phenoxy) is 1. The Morgan fingerprint density at radius 2 is 2.10 bits per heavy atom. The Morgan fingerprint density at radius 1 is 1.30 bits per heavy atom. The molecule has 0 aliphatic heterocycles. The van der Waals surface area contributed by atoms with E-state index in [0.717, 1.165) is 32.2 Å². The number of nitrogens with one attached hydrogen (secondary N) is 1. The van der Waals surface area contributed by atoms with E-state index in [1.54, 1.807) is 0 Å². The van der Waals surface area contributed by atoms with Gasteiger partial charge >= 0.3 is 5.97 Å². The lowest BCUT2D eigenvalue weighted by molar-refractivity contribution is -0.151. The molecule has 0 spiro atoms. The van der Waals surface area contributed by atoms with Gasteiger partial charge in [0.05, 0.1) is 6.61 Å². The maximum Gasteiger partial charge on any atom is 0.326 e. The molecule has 1 N–H and O–H groups in total. The monoisotopic (exact) mass is 301 g/mol. The predicted molar refractivity (Wildman–Crippen MR) is 87.3 cm³/mol. The highest BCUT2D eigenvalue weighted by molar-refractivity contribution is 7.99. The third kappa shape index (κ3) is 5.28. The van der Waals surface area contributed by atoms with E-state index in [-0.39, 0.29) is 5.97 Å². The summed E-state index contributed by atoms with van der Waals surface area (Å²) in [6.07, 6.45) is 7.93. The molecule has 0 aromatic carbocycles. The maximum atomic E-state index is 12.3. The van der Waals surface area contributed by atoms with Crippen LogP contribution in [0, 0.1) is 0 Å². The van der Waals surface area contributed by atoms with Crippen molar-refractivity contribution in [2.45, 2.75) is 76.5 Å². The van der Waals surface area contributed by atoms with Gasteiger partial charge < -0.3 is 10.1 Å². The van der Waals surface area contributed by atoms with Crippen LogP contribution in [0.25, 0.3) is 0 Å². The fraction of sp³-hybridized carbons (Fsp3) is 0.938. The van der Waals surface area contributed by atoms with E-state index < -0.39 is 5.54 Å². The molecule has 20 heavy (non-hydrogen) atoms. The van der Waals surface area contributed by atoms with Crippen LogP contribution in [-0.4, -0.2) is 35.7 Å². The molecule has 1 aliphatic carbocycles. The van der Waals surface area contributed by atoms with Crippen LogP contribution in [0.2, 0.25) is 0 Å². The molecule has 0 saturated heterocycles. The fourth-order valence-electron chi connectivity index (χ4n) is 2.80. The molecule has 2 atom stereocenters. The van der Waals surface area contributed by atoms with Crippen LogP contribution in [0.1, 0.15) is 65.7 Å². The summed E-state index contributed by atoms with van der Waals surface area (Å²) >= 11 is 2.05. The van der Waals surface area contributed by atoms with Crippen LogP contribution >= 0.6 is 11.8 Å². The lowest BCUT2D eigenvalue weighted by atomic mass is 9.97. The predicted octanol–water partition coefficient (Wildman–Crippen LogP) is 3.76. The molecule has 1 rings (SSSR count). The molecule has 3 nitrogen and oxygen atoms in total. The van der Waals surface area contributed by atoms with Gasteiger partial charge in [0.1, 0.15) is 5.54 Å². The minimum Gasteiger partial charge on any atom is -0.465 e. The van der Waals surface area contributed by atoms with Crippen molar-refractivity contribution < 1.29 is 9.53 Å². The second kappa shape index (κ2) is 9.67. The van der Waals surface area contributed by atoms with Crippen molar-refractivity contribution in [3.63, 3.8) is 0 Å². The Hall–Kier alpha value is -0.220. The zero-order chi connectivity index (χ0) is 14.8. The first-order chi connectivity index (χ1) is 9.68. The summed E-state index contributed by atoms with van der Waals surface area (Å²) in [5.41, 5.74) is -0.408. The number of unbranched alkanes of at least 4 members (excludes halogenated alkanes) is 2. The number of hydrogen-bond donors (Lipinski definition) is 1. The first-order valence-electron chi connectivity index (χ1n) is 8.22. The molecule has 0 heterocycles. The van der Waals surface area contributed by atoms with Crippen LogP contribution in [0.3, 0.4) is 0 Å². The van der Waals surface area contributed by atoms with E-state index >= 15 is 0 Å². The minimum absolute atomic E-state index is 0.0369. The van der Waals surface area contributed by atoms with Crippen LogP contribution in [-0.2, 0) is 9.53 Å². The largest absolute Gasteiger partial charge is 0.465 e. The van der Waals surface area contributed by atoms with E-state index in [1.807, 2.05) is 18.7 Å². The molecule has 0 bridgehead atoms. The molecule has 0 aromatic rings. The van der Waals surface area contributed by atoms with Gasteiger partial charge in [-0.3, -0.25) is 4.79 Å². The lowest BCUT2D eigenvalue weighted by Crippen LogP contribution is -2.51. The third-order valence-electron chi connectivity index (χ3n) is 3.95. The topological polar surface area (TPSA) is 38.3 Å². The third-order valence-corrected chi connectivity index (χ3v) is 5.35. The van der Waals surface area contributed by atoms with Gasteiger partial charge in [-0.15, -0.1) is 0 Å². The SMILES string of the molecule is CCCCCSC1CCC(NCCC)(C(=O)OCC)C1. The minimum atomic E-state index is -0.408. The lowest BCUT2D eigenvalue weighted by Gasteiger charge is -2.28. The summed E-state index contributed by atoms with van der Waals surface area (Å²) in [4.78, 5) is 12.3. The van der Waals surface area contributed by atoms with E-state index in [0.29, 0.717) is 11.9 Å². The van der Waals surface area contributed by atoms with Gasteiger partial charge in [-0.2, -0.15) is 11.8 Å². The standard InChI is InChI=1S/C16H31NO2S/c1-4-7-8-12-20-14-9-10-16(13-14,17-11-5-2)15(18)19-6-3/h14,17H,4-13H2,1-3H3. The highest BCUT2D eigenvalue weighted by Crippen LogP contribution is 2.38. The zero-order valence-corrected chi connectivity index (χ0v) is 14.2. The van der Waals surface area contributed by atoms with Crippen LogP contribution in [0.4, 0.5) is 0 Å². The van der Waals surface area contributed by atoms with Crippen LogP contribution in [0.15, 0.2) is 0 Å². The van der Waals surface area contributed by atoms with Crippen LogP contribution in [0.5, 0.6) is 0 Å². The Bertz CT molecular complexity index is 286. The van der Waals surface area contributed by atoms with Gasteiger partial charge in [0.15, 0.2) is 0 Å². The molecule has 1 aliphatic rings. The van der Waals surface area contributed by atoms with E-state index in [2.05, 4.69) is 19.2 Å². The molecular weight excluding hydrogens is 270 g/mol. The van der Waals surface area contributed by atoms with Gasteiger partial charge in [-0.25, -0.2) is 0 Å². The fourth-order valence-corrected chi connectivity index (χ4v) is 4.19. The van der Waals surface area contributed by atoms with E-state index in [1.165, 1.54) is 25.0 Å². The number of esters is 1. The Morgan fingerprint density at radius 3 is 2.75 bits per heavy atom. The number of hydrogen-bond acceptors (Lipinski definition) is 4. The van der Waals surface area contributed by atoms with E-state index in [9.17, 15) is 4.79 Å². The van der Waals surface area contributed by atoms with Gasteiger partial charge in [-0.1, -0.05) is 26.7 Å². The van der Waals surface area contributed by atoms with Crippen molar-refractivity contribution in [3.05, 3.63) is 0 Å². The van der Waals surface area contributed by atoms with Crippen molar-refractivity contribution in [1.82, 2.24) is 5.32 Å². The van der Waals surface area contributed by atoms with Gasteiger partial charge in [0, 0.05) is 5.25 Å². The van der Waals surface area contributed by atoms with Crippen molar-refractivity contribution in [2.75, 3.05) is 18.9 Å². The van der Waals surface area contributed by atoms with Crippen LogP contribution < -0.4 is 5.32 Å². The van der Waals surface area contributed by atoms with Crippen molar-refractivity contribution in [2.24, 2.45) is 0 Å². The molecule has 4 heteroatoms. The smallest absolute Gasteiger partial charge is 0.326 e. The molecule has 0 amide bonds. The summed E-state index contributed by atoms with van der Waals surface area (Å²) in [6.45, 7) is 7.63. The molecule has 0 aromatic heterocycles. The number of thioether (sulfide) groups is 1. The normalized spacial score (nSPS) is 25.9. The van der Waals surface area contributed by atoms with E-state index in [4.69, 9.17) is 4.74 Å². The zero-order valence-electron chi connectivity index (χ0n) is 13.4. The second-order valence-corrected chi connectivity index (χ2v) is 7.08. The number of rotatable bonds is 10. The Labute approximate surface area is 128 Å². The molecule has 1 fully saturated rings. The summed E-state index contributed by atoms with van der Waals surface area (Å²) < 4.78 is 5.31. The highest BCUT2D eigenvalue weighted by Gasteiger charge is 2.46. The highest BCUT2D eigenvalue weighted by atomic mass is 32.2. The van der Waals surface area contributed by atoms with Crippen molar-refractivity contribution >= 4 is 17.7 Å². The first kappa shape index (κ1) is 17.8. The molecule has 1 saturated carbocycles. The number of carbonyl (C=O) groups is 1. The first-order valence-corrected chi connectivity index (χ1v) is 9.27. The van der Waals surface area contributed by atoms with Gasteiger partial charge in [-0.05, 0) is 51.3 Å². The molecular formula is C16H31NO2S. The number of carbonyl (C=O) groups excluding carboxylic acids is 1. The Kier molecular flexibility index (Phi) is 8.62. The molecule has 118 valence electrons. The summed E-state index contributed by atoms with van der Waals surface area (Å²) in [5.74, 6) is 1.19. The second-order valence-electron chi connectivity index (χ2n) is 5.67. The van der Waals surface area contributed by atoms with Crippen molar-refractivity contribution in [3.8, 4) is 0 Å². The molecule has 2 unspecified atom stereocenters. The Balaban J connectivity index is 2.48. The van der Waals surface area contributed by atoms with Gasteiger partial charge in [0.25, 0.3) is 0 Å². The van der Waals surface area contributed by atoms with Crippen molar-refractivity contribution in [1.29, 1.82) is 0 Å².